The normalized spacial score (nSPS) is 19.1. The molecule has 26 heavy (non-hydrogen) atoms. The van der Waals surface area contributed by atoms with Gasteiger partial charge in [-0.05, 0) is 12.8 Å². The fourth-order valence-electron chi connectivity index (χ4n) is 3.50. The van der Waals surface area contributed by atoms with Gasteiger partial charge in [0.05, 0.1) is 0 Å². The summed E-state index contributed by atoms with van der Waals surface area (Å²) in [6.45, 7) is 1.86. The molecule has 2 heterocycles. The lowest BCUT2D eigenvalue weighted by atomic mass is 10.1. The van der Waals surface area contributed by atoms with Crippen LogP contribution in [-0.4, -0.2) is 61.0 Å². The summed E-state index contributed by atoms with van der Waals surface area (Å²) < 4.78 is 39.4. The van der Waals surface area contributed by atoms with Gasteiger partial charge in [0.15, 0.2) is 5.69 Å². The first kappa shape index (κ1) is 18.7. The molecule has 1 saturated carbocycles. The van der Waals surface area contributed by atoms with Gasteiger partial charge in [-0.15, -0.1) is 0 Å². The molecular formula is C17H24F3N5O. The van der Waals surface area contributed by atoms with Crippen LogP contribution in [0.15, 0.2) is 6.07 Å². The third-order valence-electron chi connectivity index (χ3n) is 5.03. The molecule has 1 aliphatic carbocycles. The van der Waals surface area contributed by atoms with Gasteiger partial charge in [-0.1, -0.05) is 12.8 Å². The first-order chi connectivity index (χ1) is 12.3. The Balaban J connectivity index is 1.72. The van der Waals surface area contributed by atoms with Crippen molar-refractivity contribution in [3.05, 3.63) is 11.8 Å². The summed E-state index contributed by atoms with van der Waals surface area (Å²) in [5.41, 5.74) is -0.948. The summed E-state index contributed by atoms with van der Waals surface area (Å²) in [7, 11) is 3.29. The van der Waals surface area contributed by atoms with Crippen molar-refractivity contribution in [1.29, 1.82) is 0 Å². The number of amides is 1. The van der Waals surface area contributed by atoms with Crippen molar-refractivity contribution in [2.75, 3.05) is 50.1 Å². The second kappa shape index (κ2) is 7.28. The Bertz CT molecular complexity index is 650. The maximum atomic E-state index is 13.1. The first-order valence-corrected chi connectivity index (χ1v) is 8.93. The Labute approximate surface area is 151 Å². The van der Waals surface area contributed by atoms with E-state index in [9.17, 15) is 18.0 Å². The highest BCUT2D eigenvalue weighted by molar-refractivity contribution is 5.79. The second-order valence-electron chi connectivity index (χ2n) is 7.10. The van der Waals surface area contributed by atoms with Crippen LogP contribution in [0, 0.1) is 5.92 Å². The molecule has 2 fully saturated rings. The number of carbonyl (C=O) groups is 1. The lowest BCUT2D eigenvalue weighted by molar-refractivity contribution is -0.141. The van der Waals surface area contributed by atoms with Crippen LogP contribution in [0.5, 0.6) is 0 Å². The molecule has 2 aliphatic rings. The fourth-order valence-corrected chi connectivity index (χ4v) is 3.50. The standard InChI is InChI=1S/C17H24F3N5O/c1-23(2)14-11-13(17(18,19)20)21-16(22-14)25-9-7-24(8-10-25)15(26)12-5-3-4-6-12/h11-12H,3-10H2,1-2H3. The van der Waals surface area contributed by atoms with Crippen molar-refractivity contribution in [2.24, 2.45) is 5.92 Å². The van der Waals surface area contributed by atoms with E-state index in [2.05, 4.69) is 9.97 Å². The molecular weight excluding hydrogens is 347 g/mol. The number of alkyl halides is 3. The van der Waals surface area contributed by atoms with Gasteiger partial charge in [-0.3, -0.25) is 4.79 Å². The van der Waals surface area contributed by atoms with Crippen molar-refractivity contribution in [2.45, 2.75) is 31.9 Å². The fraction of sp³-hybridized carbons (Fsp3) is 0.706. The number of hydrogen-bond donors (Lipinski definition) is 0. The molecule has 6 nitrogen and oxygen atoms in total. The minimum Gasteiger partial charge on any atom is -0.363 e. The Kier molecular flexibility index (Phi) is 5.24. The van der Waals surface area contributed by atoms with E-state index in [0.29, 0.717) is 26.2 Å². The molecule has 9 heteroatoms. The van der Waals surface area contributed by atoms with Crippen LogP contribution < -0.4 is 9.80 Å². The van der Waals surface area contributed by atoms with E-state index in [1.54, 1.807) is 19.0 Å². The van der Waals surface area contributed by atoms with Crippen LogP contribution in [0.3, 0.4) is 0 Å². The summed E-state index contributed by atoms with van der Waals surface area (Å²) in [5, 5.41) is 0. The van der Waals surface area contributed by atoms with Crippen molar-refractivity contribution >= 4 is 17.7 Å². The van der Waals surface area contributed by atoms with Crippen LogP contribution in [0.2, 0.25) is 0 Å². The topological polar surface area (TPSA) is 52.6 Å². The lowest BCUT2D eigenvalue weighted by Gasteiger charge is -2.36. The van der Waals surface area contributed by atoms with Crippen LogP contribution in [0.25, 0.3) is 0 Å². The van der Waals surface area contributed by atoms with E-state index < -0.39 is 11.9 Å². The molecule has 3 rings (SSSR count). The number of anilines is 2. The van der Waals surface area contributed by atoms with Crippen LogP contribution in [-0.2, 0) is 11.0 Å². The zero-order valence-corrected chi connectivity index (χ0v) is 15.1. The molecule has 0 radical (unpaired) electrons. The van der Waals surface area contributed by atoms with Crippen LogP contribution in [0.1, 0.15) is 31.4 Å². The van der Waals surface area contributed by atoms with E-state index in [4.69, 9.17) is 0 Å². The first-order valence-electron chi connectivity index (χ1n) is 8.93. The smallest absolute Gasteiger partial charge is 0.363 e. The van der Waals surface area contributed by atoms with Crippen molar-refractivity contribution in [1.82, 2.24) is 14.9 Å². The van der Waals surface area contributed by atoms with Crippen LogP contribution >= 0.6 is 0 Å². The molecule has 1 aromatic heterocycles. The highest BCUT2D eigenvalue weighted by atomic mass is 19.4. The lowest BCUT2D eigenvalue weighted by Crippen LogP contribution is -2.50. The molecule has 0 unspecified atom stereocenters. The van der Waals surface area contributed by atoms with Crippen molar-refractivity contribution < 1.29 is 18.0 Å². The molecule has 144 valence electrons. The zero-order chi connectivity index (χ0) is 18.9. The zero-order valence-electron chi connectivity index (χ0n) is 15.1. The minimum atomic E-state index is -4.53. The predicted octanol–water partition coefficient (Wildman–Crippen LogP) is 2.40. The third kappa shape index (κ3) is 4.02. The van der Waals surface area contributed by atoms with Crippen molar-refractivity contribution in [3.63, 3.8) is 0 Å². The Hall–Kier alpha value is -2.06. The number of hydrogen-bond acceptors (Lipinski definition) is 5. The van der Waals surface area contributed by atoms with Gasteiger partial charge in [0, 0.05) is 52.3 Å². The SMILES string of the molecule is CN(C)c1cc(C(F)(F)F)nc(N2CCN(C(=O)C3CCCC3)CC2)n1. The molecule has 1 aliphatic heterocycles. The van der Waals surface area contributed by atoms with E-state index in [1.807, 2.05) is 4.90 Å². The van der Waals surface area contributed by atoms with E-state index in [1.165, 1.54) is 4.90 Å². The minimum absolute atomic E-state index is 0.0662. The molecule has 1 aromatic rings. The second-order valence-corrected chi connectivity index (χ2v) is 7.10. The number of rotatable bonds is 3. The number of aromatic nitrogens is 2. The summed E-state index contributed by atoms with van der Waals surface area (Å²) in [4.78, 5) is 25.5. The van der Waals surface area contributed by atoms with E-state index in [0.717, 1.165) is 31.7 Å². The maximum Gasteiger partial charge on any atom is 0.433 e. The molecule has 1 saturated heterocycles. The predicted molar refractivity (Wildman–Crippen MR) is 92.1 cm³/mol. The highest BCUT2D eigenvalue weighted by Crippen LogP contribution is 2.31. The molecule has 0 bridgehead atoms. The Morgan fingerprint density at radius 3 is 2.27 bits per heavy atom. The van der Waals surface area contributed by atoms with E-state index in [-0.39, 0.29) is 23.6 Å². The number of carbonyl (C=O) groups excluding carboxylic acids is 1. The summed E-state index contributed by atoms with van der Waals surface area (Å²) >= 11 is 0. The maximum absolute atomic E-state index is 13.1. The van der Waals surface area contributed by atoms with Gasteiger partial charge >= 0.3 is 6.18 Å². The third-order valence-corrected chi connectivity index (χ3v) is 5.03. The van der Waals surface area contributed by atoms with Gasteiger partial charge < -0.3 is 14.7 Å². The Morgan fingerprint density at radius 1 is 1.12 bits per heavy atom. The number of halogens is 3. The largest absolute Gasteiger partial charge is 0.433 e. The van der Waals surface area contributed by atoms with E-state index >= 15 is 0 Å². The molecule has 0 aromatic carbocycles. The monoisotopic (exact) mass is 371 g/mol. The average Bonchev–Trinajstić information content (AvgIpc) is 3.14. The van der Waals surface area contributed by atoms with Crippen LogP contribution in [0.4, 0.5) is 24.9 Å². The Morgan fingerprint density at radius 2 is 1.73 bits per heavy atom. The van der Waals surface area contributed by atoms with Gasteiger partial charge in [0.1, 0.15) is 5.82 Å². The molecule has 1 amide bonds. The summed E-state index contributed by atoms with van der Waals surface area (Å²) in [5.74, 6) is 0.580. The quantitative estimate of drug-likeness (QED) is 0.817. The van der Waals surface area contributed by atoms with Gasteiger partial charge in [0.2, 0.25) is 11.9 Å². The highest BCUT2D eigenvalue weighted by Gasteiger charge is 2.35. The number of piperazine rings is 1. The molecule has 0 N–H and O–H groups in total. The number of nitrogens with zero attached hydrogens (tertiary/aromatic N) is 5. The summed E-state index contributed by atoms with van der Waals surface area (Å²) in [6.07, 6.45) is -0.434. The van der Waals surface area contributed by atoms with Gasteiger partial charge in [-0.2, -0.15) is 18.2 Å². The van der Waals surface area contributed by atoms with Gasteiger partial charge in [-0.25, -0.2) is 4.98 Å². The van der Waals surface area contributed by atoms with Gasteiger partial charge in [0.25, 0.3) is 0 Å². The molecule has 0 spiro atoms. The summed E-state index contributed by atoms with van der Waals surface area (Å²) in [6, 6.07) is 0.948. The van der Waals surface area contributed by atoms with Crippen molar-refractivity contribution in [3.8, 4) is 0 Å². The average molecular weight is 371 g/mol. The molecule has 0 atom stereocenters.